The first kappa shape index (κ1) is 7.69. The highest BCUT2D eigenvalue weighted by Crippen LogP contribution is 1.90. The van der Waals surface area contributed by atoms with Gasteiger partial charge in [0.05, 0.1) is 6.54 Å². The highest BCUT2D eigenvalue weighted by Gasteiger charge is 2.06. The van der Waals surface area contributed by atoms with E-state index in [0.29, 0.717) is 0 Å². The average Bonchev–Trinajstić information content (AvgIpc) is 2.03. The van der Waals surface area contributed by atoms with Gasteiger partial charge in [-0.05, 0) is 6.72 Å². The van der Waals surface area contributed by atoms with Crippen molar-refractivity contribution in [2.75, 3.05) is 39.3 Å². The van der Waals surface area contributed by atoms with E-state index in [4.69, 9.17) is 0 Å². The Balaban J connectivity index is 2.07. The summed E-state index contributed by atoms with van der Waals surface area (Å²) in [5.74, 6) is 0. The van der Waals surface area contributed by atoms with Gasteiger partial charge < -0.3 is 5.32 Å². The first-order chi connectivity index (χ1) is 4.93. The second kappa shape index (κ2) is 4.41. The second-order valence-electron chi connectivity index (χ2n) is 2.54. The number of piperazine rings is 1. The van der Waals surface area contributed by atoms with Crippen LogP contribution in [0.1, 0.15) is 0 Å². The molecule has 0 amide bonds. The lowest BCUT2D eigenvalue weighted by Crippen LogP contribution is -2.44. The van der Waals surface area contributed by atoms with Crippen LogP contribution in [0.4, 0.5) is 0 Å². The minimum atomic E-state index is 0.875. The zero-order valence-corrected chi connectivity index (χ0v) is 6.34. The first-order valence-corrected chi connectivity index (χ1v) is 3.79. The number of hydrogen-bond donors (Lipinski definition) is 1. The SMILES string of the molecule is C=NCCN1CCNCC1. The molecule has 0 aromatic rings. The summed E-state index contributed by atoms with van der Waals surface area (Å²) in [4.78, 5) is 6.23. The maximum atomic E-state index is 3.82. The third kappa shape index (κ3) is 2.45. The van der Waals surface area contributed by atoms with Crippen molar-refractivity contribution < 1.29 is 0 Å². The van der Waals surface area contributed by atoms with Crippen molar-refractivity contribution in [1.82, 2.24) is 10.2 Å². The summed E-state index contributed by atoms with van der Waals surface area (Å²) in [6.45, 7) is 9.97. The number of nitrogens with one attached hydrogen (secondary N) is 1. The van der Waals surface area contributed by atoms with Crippen molar-refractivity contribution in [3.8, 4) is 0 Å². The van der Waals surface area contributed by atoms with Crippen LogP contribution < -0.4 is 5.32 Å². The van der Waals surface area contributed by atoms with Gasteiger partial charge in [0.15, 0.2) is 0 Å². The summed E-state index contributed by atoms with van der Waals surface area (Å²) in [6.07, 6.45) is 0. The molecule has 0 radical (unpaired) electrons. The quantitative estimate of drug-likeness (QED) is 0.541. The van der Waals surface area contributed by atoms with Crippen LogP contribution in [0.15, 0.2) is 4.99 Å². The topological polar surface area (TPSA) is 27.6 Å². The summed E-state index contributed by atoms with van der Waals surface area (Å²) in [5.41, 5.74) is 0. The lowest BCUT2D eigenvalue weighted by Gasteiger charge is -2.26. The molecule has 10 heavy (non-hydrogen) atoms. The van der Waals surface area contributed by atoms with E-state index < -0.39 is 0 Å². The third-order valence-corrected chi connectivity index (χ3v) is 1.78. The molecule has 0 unspecified atom stereocenters. The maximum Gasteiger partial charge on any atom is 0.0509 e. The largest absolute Gasteiger partial charge is 0.314 e. The van der Waals surface area contributed by atoms with Crippen LogP contribution in [-0.2, 0) is 0 Å². The van der Waals surface area contributed by atoms with Crippen LogP contribution in [0, 0.1) is 0 Å². The number of aliphatic imine (C=N–C) groups is 1. The molecule has 1 N–H and O–H groups in total. The third-order valence-electron chi connectivity index (χ3n) is 1.78. The van der Waals surface area contributed by atoms with Crippen LogP contribution in [0.2, 0.25) is 0 Å². The predicted octanol–water partition coefficient (Wildman–Crippen LogP) is -0.408. The van der Waals surface area contributed by atoms with E-state index in [1.807, 2.05) is 0 Å². The molecule has 0 saturated carbocycles. The molecule has 0 aliphatic carbocycles. The summed E-state index contributed by atoms with van der Waals surface area (Å²) in [5, 5.41) is 3.30. The molecule has 0 aromatic carbocycles. The number of rotatable bonds is 3. The van der Waals surface area contributed by atoms with Crippen molar-refractivity contribution in [2.24, 2.45) is 4.99 Å². The fourth-order valence-corrected chi connectivity index (χ4v) is 1.15. The molecule has 1 aliphatic heterocycles. The van der Waals surface area contributed by atoms with Gasteiger partial charge in [0.1, 0.15) is 0 Å². The monoisotopic (exact) mass is 141 g/mol. The minimum absolute atomic E-state index is 0.875. The summed E-state index contributed by atoms with van der Waals surface area (Å²) in [7, 11) is 0. The molecule has 1 rings (SSSR count). The van der Waals surface area contributed by atoms with Crippen LogP contribution in [-0.4, -0.2) is 50.9 Å². The lowest BCUT2D eigenvalue weighted by molar-refractivity contribution is 0.248. The van der Waals surface area contributed by atoms with Crippen molar-refractivity contribution in [1.29, 1.82) is 0 Å². The Morgan fingerprint density at radius 2 is 2.10 bits per heavy atom. The van der Waals surface area contributed by atoms with Crippen molar-refractivity contribution >= 4 is 6.72 Å². The van der Waals surface area contributed by atoms with E-state index in [2.05, 4.69) is 21.9 Å². The van der Waals surface area contributed by atoms with Crippen molar-refractivity contribution in [3.05, 3.63) is 0 Å². The number of nitrogens with zero attached hydrogens (tertiary/aromatic N) is 2. The van der Waals surface area contributed by atoms with E-state index in [1.165, 1.54) is 0 Å². The predicted molar refractivity (Wildman–Crippen MR) is 43.7 cm³/mol. The zero-order valence-electron chi connectivity index (χ0n) is 6.34. The second-order valence-corrected chi connectivity index (χ2v) is 2.54. The highest BCUT2D eigenvalue weighted by atomic mass is 15.2. The van der Waals surface area contributed by atoms with E-state index in [0.717, 1.165) is 39.3 Å². The minimum Gasteiger partial charge on any atom is -0.314 e. The molecule has 3 heteroatoms. The lowest BCUT2D eigenvalue weighted by atomic mass is 10.3. The standard InChI is InChI=1S/C7H15N3/c1-8-2-5-10-6-3-9-4-7-10/h9H,1-7H2. The Morgan fingerprint density at radius 3 is 2.70 bits per heavy atom. The van der Waals surface area contributed by atoms with Crippen molar-refractivity contribution in [2.45, 2.75) is 0 Å². The molecular formula is C7H15N3. The van der Waals surface area contributed by atoms with Gasteiger partial charge in [-0.25, -0.2) is 0 Å². The summed E-state index contributed by atoms with van der Waals surface area (Å²) < 4.78 is 0. The molecule has 1 heterocycles. The molecule has 0 spiro atoms. The molecule has 1 aliphatic rings. The molecule has 1 saturated heterocycles. The molecule has 58 valence electrons. The fraction of sp³-hybridized carbons (Fsp3) is 0.857. The molecule has 3 nitrogen and oxygen atoms in total. The Bertz CT molecular complexity index is 97.0. The van der Waals surface area contributed by atoms with Gasteiger partial charge >= 0.3 is 0 Å². The molecule has 0 atom stereocenters. The highest BCUT2D eigenvalue weighted by molar-refractivity contribution is 5.23. The zero-order chi connectivity index (χ0) is 7.23. The smallest absolute Gasteiger partial charge is 0.0509 e. The Labute approximate surface area is 62.1 Å². The van der Waals surface area contributed by atoms with E-state index in [9.17, 15) is 0 Å². The van der Waals surface area contributed by atoms with Gasteiger partial charge in [0.2, 0.25) is 0 Å². The van der Waals surface area contributed by atoms with Crippen LogP contribution >= 0.6 is 0 Å². The molecule has 0 bridgehead atoms. The van der Waals surface area contributed by atoms with Crippen LogP contribution in [0.25, 0.3) is 0 Å². The Morgan fingerprint density at radius 1 is 1.40 bits per heavy atom. The molecule has 1 fully saturated rings. The molecular weight excluding hydrogens is 126 g/mol. The first-order valence-electron chi connectivity index (χ1n) is 3.79. The van der Waals surface area contributed by atoms with E-state index in [1.54, 1.807) is 0 Å². The van der Waals surface area contributed by atoms with Crippen molar-refractivity contribution in [3.63, 3.8) is 0 Å². The van der Waals surface area contributed by atoms with Gasteiger partial charge in [0, 0.05) is 32.7 Å². The Kier molecular flexibility index (Phi) is 3.40. The van der Waals surface area contributed by atoms with Crippen LogP contribution in [0.3, 0.4) is 0 Å². The number of hydrogen-bond acceptors (Lipinski definition) is 3. The summed E-state index contributed by atoms with van der Waals surface area (Å²) >= 11 is 0. The normalized spacial score (nSPS) is 20.8. The van der Waals surface area contributed by atoms with Gasteiger partial charge in [-0.15, -0.1) is 0 Å². The fourth-order valence-electron chi connectivity index (χ4n) is 1.15. The molecule has 0 aromatic heterocycles. The van der Waals surface area contributed by atoms with Gasteiger partial charge in [-0.3, -0.25) is 9.89 Å². The van der Waals surface area contributed by atoms with Gasteiger partial charge in [0.25, 0.3) is 0 Å². The maximum absolute atomic E-state index is 3.82. The Hall–Kier alpha value is -0.410. The van der Waals surface area contributed by atoms with E-state index in [-0.39, 0.29) is 0 Å². The average molecular weight is 141 g/mol. The van der Waals surface area contributed by atoms with Gasteiger partial charge in [-0.1, -0.05) is 0 Å². The summed E-state index contributed by atoms with van der Waals surface area (Å²) in [6, 6.07) is 0. The van der Waals surface area contributed by atoms with Gasteiger partial charge in [-0.2, -0.15) is 0 Å². The van der Waals surface area contributed by atoms with Crippen LogP contribution in [0.5, 0.6) is 0 Å². The van der Waals surface area contributed by atoms with E-state index >= 15 is 0 Å².